The number of benzene rings is 2. The Morgan fingerprint density at radius 3 is 2.33 bits per heavy atom. The van der Waals surface area contributed by atoms with Crippen LogP contribution in [0, 0.1) is 11.3 Å². The molecule has 0 spiro atoms. The summed E-state index contributed by atoms with van der Waals surface area (Å²) >= 11 is 3.31. The molecule has 0 aliphatic carbocycles. The molecule has 0 saturated heterocycles. The van der Waals surface area contributed by atoms with Crippen molar-refractivity contribution in [3.63, 3.8) is 0 Å². The third kappa shape index (κ3) is 3.71. The van der Waals surface area contributed by atoms with Crippen molar-refractivity contribution in [3.8, 4) is 6.07 Å². The molecule has 0 aliphatic heterocycles. The third-order valence-corrected chi connectivity index (χ3v) is 3.32. The predicted molar refractivity (Wildman–Crippen MR) is 89.4 cm³/mol. The summed E-state index contributed by atoms with van der Waals surface area (Å²) in [6.45, 7) is 0. The second-order valence-corrected chi connectivity index (χ2v) is 5.19. The predicted octanol–water partition coefficient (Wildman–Crippen LogP) is 3.72. The second kappa shape index (κ2) is 6.73. The molecule has 5 heteroatoms. The number of rotatable bonds is 0. The molecule has 3 rings (SSSR count). The van der Waals surface area contributed by atoms with Crippen LogP contribution in [0.2, 0.25) is 0 Å². The van der Waals surface area contributed by atoms with Crippen LogP contribution < -0.4 is 11.5 Å². The van der Waals surface area contributed by atoms with Gasteiger partial charge in [-0.05, 0) is 30.3 Å². The van der Waals surface area contributed by atoms with E-state index in [-0.39, 0.29) is 0 Å². The van der Waals surface area contributed by atoms with E-state index >= 15 is 0 Å². The number of fused-ring (bicyclic) bond motifs is 1. The molecular formula is C16H13BrN4. The Kier molecular flexibility index (Phi) is 4.75. The summed E-state index contributed by atoms with van der Waals surface area (Å²) in [6, 6.07) is 17.2. The standard InChI is InChI=1S/C10H8N4.C6H5Br/c11-4-6-5-14-9-2-1-7(12)3-8(9)10(6)13;7-6-4-2-1-3-5-6/h1-3,5H,12H2,(H2,13,14);1-5H. The Balaban J connectivity index is 0.000000194. The van der Waals surface area contributed by atoms with E-state index in [4.69, 9.17) is 16.7 Å². The van der Waals surface area contributed by atoms with Gasteiger partial charge in [0.25, 0.3) is 0 Å². The van der Waals surface area contributed by atoms with Gasteiger partial charge in [0.2, 0.25) is 0 Å². The molecule has 4 N–H and O–H groups in total. The summed E-state index contributed by atoms with van der Waals surface area (Å²) < 4.78 is 1.13. The van der Waals surface area contributed by atoms with Gasteiger partial charge in [-0.25, -0.2) is 0 Å². The molecule has 4 nitrogen and oxygen atoms in total. The lowest BCUT2D eigenvalue weighted by atomic mass is 10.1. The zero-order chi connectivity index (χ0) is 15.2. The molecule has 0 bridgehead atoms. The molecule has 104 valence electrons. The molecule has 1 aromatic heterocycles. The van der Waals surface area contributed by atoms with Crippen molar-refractivity contribution in [2.24, 2.45) is 0 Å². The maximum atomic E-state index is 8.75. The molecule has 3 aromatic rings. The van der Waals surface area contributed by atoms with Gasteiger partial charge in [0.15, 0.2) is 0 Å². The smallest absolute Gasteiger partial charge is 0.103 e. The Morgan fingerprint density at radius 2 is 1.76 bits per heavy atom. The Bertz CT molecular complexity index is 794. The monoisotopic (exact) mass is 340 g/mol. The number of nitriles is 1. The van der Waals surface area contributed by atoms with Gasteiger partial charge in [-0.1, -0.05) is 34.1 Å². The van der Waals surface area contributed by atoms with Crippen molar-refractivity contribution in [3.05, 3.63) is 64.8 Å². The third-order valence-electron chi connectivity index (χ3n) is 2.79. The van der Waals surface area contributed by atoms with Crippen LogP contribution in [0.15, 0.2) is 59.2 Å². The average molecular weight is 341 g/mol. The summed E-state index contributed by atoms with van der Waals surface area (Å²) in [4.78, 5) is 4.10. The number of halogens is 1. The highest BCUT2D eigenvalue weighted by atomic mass is 79.9. The van der Waals surface area contributed by atoms with Crippen LogP contribution in [0.25, 0.3) is 10.9 Å². The fourth-order valence-electron chi connectivity index (χ4n) is 1.73. The van der Waals surface area contributed by atoms with Gasteiger partial charge in [0.05, 0.1) is 16.8 Å². The molecule has 0 fully saturated rings. The van der Waals surface area contributed by atoms with E-state index in [1.54, 1.807) is 18.2 Å². The first kappa shape index (κ1) is 14.8. The van der Waals surface area contributed by atoms with Crippen molar-refractivity contribution in [2.45, 2.75) is 0 Å². The van der Waals surface area contributed by atoms with E-state index in [0.29, 0.717) is 16.9 Å². The lowest BCUT2D eigenvalue weighted by molar-refractivity contribution is 1.37. The van der Waals surface area contributed by atoms with Crippen LogP contribution in [0.4, 0.5) is 11.4 Å². The number of hydrogen-bond acceptors (Lipinski definition) is 4. The molecule has 2 aromatic carbocycles. The molecule has 1 heterocycles. The van der Waals surface area contributed by atoms with Gasteiger partial charge in [0.1, 0.15) is 6.07 Å². The van der Waals surface area contributed by atoms with Crippen molar-refractivity contribution in [1.29, 1.82) is 5.26 Å². The maximum Gasteiger partial charge on any atom is 0.103 e. The first-order valence-electron chi connectivity index (χ1n) is 6.16. The lowest BCUT2D eigenvalue weighted by Gasteiger charge is -2.03. The fourth-order valence-corrected chi connectivity index (χ4v) is 2.04. The van der Waals surface area contributed by atoms with Gasteiger partial charge < -0.3 is 11.5 Å². The van der Waals surface area contributed by atoms with Crippen LogP contribution in [-0.4, -0.2) is 4.98 Å². The largest absolute Gasteiger partial charge is 0.399 e. The molecular weight excluding hydrogens is 328 g/mol. The number of aromatic nitrogens is 1. The highest BCUT2D eigenvalue weighted by Crippen LogP contribution is 2.24. The lowest BCUT2D eigenvalue weighted by Crippen LogP contribution is -1.95. The SMILES string of the molecule is Brc1ccccc1.N#Cc1cnc2ccc(N)cc2c1N. The maximum absolute atomic E-state index is 8.75. The van der Waals surface area contributed by atoms with Crippen LogP contribution in [0.1, 0.15) is 5.56 Å². The molecule has 21 heavy (non-hydrogen) atoms. The summed E-state index contributed by atoms with van der Waals surface area (Å²) in [5.41, 5.74) is 13.6. The number of nitrogens with zero attached hydrogens (tertiary/aromatic N) is 2. The first-order valence-corrected chi connectivity index (χ1v) is 6.95. The van der Waals surface area contributed by atoms with Gasteiger partial charge >= 0.3 is 0 Å². The van der Waals surface area contributed by atoms with E-state index in [1.165, 1.54) is 6.20 Å². The van der Waals surface area contributed by atoms with Gasteiger partial charge in [-0.15, -0.1) is 0 Å². The van der Waals surface area contributed by atoms with Crippen molar-refractivity contribution >= 4 is 38.2 Å². The number of hydrogen-bond donors (Lipinski definition) is 2. The molecule has 0 unspecified atom stereocenters. The van der Waals surface area contributed by atoms with E-state index in [9.17, 15) is 0 Å². The highest BCUT2D eigenvalue weighted by Gasteiger charge is 2.04. The van der Waals surface area contributed by atoms with E-state index < -0.39 is 0 Å². The van der Waals surface area contributed by atoms with Crippen molar-refractivity contribution in [2.75, 3.05) is 11.5 Å². The average Bonchev–Trinajstić information content (AvgIpc) is 2.50. The molecule has 0 saturated carbocycles. The first-order chi connectivity index (χ1) is 10.1. The van der Waals surface area contributed by atoms with Crippen LogP contribution in [0.5, 0.6) is 0 Å². The zero-order valence-corrected chi connectivity index (χ0v) is 12.7. The number of anilines is 2. The van der Waals surface area contributed by atoms with Crippen molar-refractivity contribution < 1.29 is 0 Å². The van der Waals surface area contributed by atoms with E-state index in [0.717, 1.165) is 15.4 Å². The molecule has 0 radical (unpaired) electrons. The number of nitrogen functional groups attached to an aromatic ring is 2. The van der Waals surface area contributed by atoms with Gasteiger partial charge in [0, 0.05) is 21.7 Å². The summed E-state index contributed by atoms with van der Waals surface area (Å²) in [5.74, 6) is 0. The molecule has 0 aliphatic rings. The second-order valence-electron chi connectivity index (χ2n) is 4.27. The normalized spacial score (nSPS) is 9.52. The highest BCUT2D eigenvalue weighted by molar-refractivity contribution is 9.10. The number of pyridine rings is 1. The summed E-state index contributed by atoms with van der Waals surface area (Å²) in [7, 11) is 0. The van der Waals surface area contributed by atoms with E-state index in [1.807, 2.05) is 36.4 Å². The number of nitrogens with two attached hydrogens (primary N) is 2. The van der Waals surface area contributed by atoms with Gasteiger partial charge in [-0.3, -0.25) is 4.98 Å². The topological polar surface area (TPSA) is 88.7 Å². The quantitative estimate of drug-likeness (QED) is 0.610. The van der Waals surface area contributed by atoms with Crippen molar-refractivity contribution in [1.82, 2.24) is 4.98 Å². The van der Waals surface area contributed by atoms with Crippen LogP contribution in [0.3, 0.4) is 0 Å². The minimum Gasteiger partial charge on any atom is -0.399 e. The fraction of sp³-hybridized carbons (Fsp3) is 0. The van der Waals surface area contributed by atoms with Crippen LogP contribution in [-0.2, 0) is 0 Å². The minimum absolute atomic E-state index is 0.378. The summed E-state index contributed by atoms with van der Waals surface area (Å²) in [5, 5.41) is 9.47. The van der Waals surface area contributed by atoms with E-state index in [2.05, 4.69) is 20.9 Å². The Hall–Kier alpha value is -2.58. The van der Waals surface area contributed by atoms with Gasteiger partial charge in [-0.2, -0.15) is 5.26 Å². The minimum atomic E-state index is 0.378. The Labute approximate surface area is 131 Å². The zero-order valence-electron chi connectivity index (χ0n) is 11.1. The summed E-state index contributed by atoms with van der Waals surface area (Å²) in [6.07, 6.45) is 1.47. The Morgan fingerprint density at radius 1 is 1.05 bits per heavy atom. The molecule has 0 amide bonds. The molecule has 0 atom stereocenters. The van der Waals surface area contributed by atoms with Crippen LogP contribution >= 0.6 is 15.9 Å².